The molecule has 4 aromatic rings. The first-order valence-electron chi connectivity index (χ1n) is 16.1. The van der Waals surface area contributed by atoms with E-state index in [-0.39, 0.29) is 41.9 Å². The highest BCUT2D eigenvalue weighted by Crippen LogP contribution is 2.36. The maximum Gasteiger partial charge on any atom is 0.416 e. The average molecular weight is 692 g/mol. The minimum Gasteiger partial charge on any atom is -0.486 e. The second kappa shape index (κ2) is 15.9. The number of hydrogen-bond donors (Lipinski definition) is 2. The molecule has 49 heavy (non-hydrogen) atoms. The van der Waals surface area contributed by atoms with Gasteiger partial charge in [0.1, 0.15) is 6.10 Å². The molecule has 0 aliphatic carbocycles. The number of anilines is 1. The molecule has 0 radical (unpaired) electrons. The van der Waals surface area contributed by atoms with Gasteiger partial charge in [-0.3, -0.25) is 14.5 Å². The van der Waals surface area contributed by atoms with Gasteiger partial charge in [-0.25, -0.2) is 0 Å². The van der Waals surface area contributed by atoms with E-state index in [4.69, 9.17) is 4.74 Å². The molecule has 0 spiro atoms. The zero-order chi connectivity index (χ0) is 35.1. The van der Waals surface area contributed by atoms with Crippen LogP contribution in [0.25, 0.3) is 0 Å². The maximum absolute atomic E-state index is 13.8. The zero-order valence-electron chi connectivity index (χ0n) is 27.6. The molecule has 4 aromatic carbocycles. The Hall–Kier alpha value is -4.32. The fourth-order valence-corrected chi connectivity index (χ4v) is 6.56. The van der Waals surface area contributed by atoms with Gasteiger partial charge in [0.2, 0.25) is 5.91 Å². The SMILES string of the molecule is C[C@@H]1CN([C@@H](C)CO)C(=O)c2cccc(NC(=O)Cc3ccc(C(F)(F)F)cc3)c2O[C@@H]1CN(C)Cc1ccc(Sc2ccccc2)cc1. The van der Waals surface area contributed by atoms with Crippen LogP contribution >= 0.6 is 11.8 Å². The van der Waals surface area contributed by atoms with Crippen LogP contribution in [-0.2, 0) is 23.9 Å². The van der Waals surface area contributed by atoms with E-state index in [2.05, 4.69) is 46.6 Å². The molecular weight excluding hydrogens is 651 g/mol. The number of carbonyl (C=O) groups is 2. The predicted molar refractivity (Wildman–Crippen MR) is 185 cm³/mol. The van der Waals surface area contributed by atoms with Crippen molar-refractivity contribution in [3.63, 3.8) is 0 Å². The van der Waals surface area contributed by atoms with Crippen molar-refractivity contribution >= 4 is 29.3 Å². The van der Waals surface area contributed by atoms with Crippen molar-refractivity contribution < 1.29 is 32.6 Å². The molecule has 1 aliphatic rings. The quantitative estimate of drug-likeness (QED) is 0.171. The van der Waals surface area contributed by atoms with Crippen molar-refractivity contribution in [2.75, 3.05) is 32.1 Å². The molecule has 1 heterocycles. The number of amides is 2. The van der Waals surface area contributed by atoms with Gasteiger partial charge in [0, 0.05) is 35.3 Å². The maximum atomic E-state index is 13.8. The summed E-state index contributed by atoms with van der Waals surface area (Å²) in [6.07, 6.45) is -5.04. The number of hydrogen-bond acceptors (Lipinski definition) is 6. The van der Waals surface area contributed by atoms with Gasteiger partial charge in [-0.15, -0.1) is 0 Å². The van der Waals surface area contributed by atoms with Gasteiger partial charge in [0.25, 0.3) is 5.91 Å². The van der Waals surface area contributed by atoms with E-state index in [1.54, 1.807) is 41.8 Å². The third-order valence-corrected chi connectivity index (χ3v) is 9.47. The van der Waals surface area contributed by atoms with Crippen LogP contribution in [0.5, 0.6) is 5.75 Å². The Morgan fingerprint density at radius 1 is 0.980 bits per heavy atom. The van der Waals surface area contributed by atoms with E-state index in [0.29, 0.717) is 25.2 Å². The van der Waals surface area contributed by atoms with Crippen molar-refractivity contribution in [3.8, 4) is 5.75 Å². The van der Waals surface area contributed by atoms with Crippen LogP contribution in [0.1, 0.15) is 40.9 Å². The molecule has 0 bridgehead atoms. The number of nitrogens with one attached hydrogen (secondary N) is 1. The first kappa shape index (κ1) is 36.0. The van der Waals surface area contributed by atoms with E-state index >= 15 is 0 Å². The van der Waals surface area contributed by atoms with Gasteiger partial charge in [-0.2, -0.15) is 13.2 Å². The molecule has 1 aliphatic heterocycles. The van der Waals surface area contributed by atoms with Crippen molar-refractivity contribution in [2.24, 2.45) is 5.92 Å². The molecule has 0 aromatic heterocycles. The number of ether oxygens (including phenoxy) is 1. The molecule has 0 saturated heterocycles. The van der Waals surface area contributed by atoms with Crippen LogP contribution in [0.15, 0.2) is 107 Å². The van der Waals surface area contributed by atoms with Crippen LogP contribution in [0.2, 0.25) is 0 Å². The summed E-state index contributed by atoms with van der Waals surface area (Å²) in [5.41, 5.74) is 1.27. The lowest BCUT2D eigenvalue weighted by Crippen LogP contribution is -2.49. The Balaban J connectivity index is 1.34. The molecule has 5 rings (SSSR count). The Kier molecular flexibility index (Phi) is 11.7. The number of carbonyl (C=O) groups excluding carboxylic acids is 2. The minimum absolute atomic E-state index is 0.144. The number of nitrogens with zero attached hydrogens (tertiary/aromatic N) is 2. The fraction of sp³-hybridized carbons (Fsp3) is 0.316. The number of aliphatic hydroxyl groups excluding tert-OH is 1. The first-order chi connectivity index (χ1) is 23.4. The standard InChI is InChI=1S/C38H40F3N3O4S/c1-25-21-44(26(2)24-45)37(47)32-10-7-11-33(42-35(46)20-27-12-16-29(17-13-27)38(39,40)41)36(32)48-34(25)23-43(3)22-28-14-18-31(19-15-28)49-30-8-5-4-6-9-30/h4-19,25-26,34,45H,20-24H2,1-3H3,(H,42,46)/t25-,26+,34-/m1/s1. The highest BCUT2D eigenvalue weighted by molar-refractivity contribution is 7.99. The number of likely N-dealkylation sites (N-methyl/N-ethyl adjacent to an activating group) is 1. The summed E-state index contributed by atoms with van der Waals surface area (Å²) in [7, 11) is 2.00. The van der Waals surface area contributed by atoms with E-state index in [9.17, 15) is 27.9 Å². The minimum atomic E-state index is -4.47. The summed E-state index contributed by atoms with van der Waals surface area (Å²) < 4.78 is 45.6. The van der Waals surface area contributed by atoms with Gasteiger partial charge in [0.05, 0.1) is 35.9 Å². The summed E-state index contributed by atoms with van der Waals surface area (Å²) in [6, 6.07) is 27.5. The topological polar surface area (TPSA) is 82.1 Å². The zero-order valence-corrected chi connectivity index (χ0v) is 28.4. The van der Waals surface area contributed by atoms with Gasteiger partial charge >= 0.3 is 6.18 Å². The van der Waals surface area contributed by atoms with Crippen molar-refractivity contribution in [1.29, 1.82) is 0 Å². The number of rotatable bonds is 11. The lowest BCUT2D eigenvalue weighted by atomic mass is 9.98. The van der Waals surface area contributed by atoms with Crippen molar-refractivity contribution in [2.45, 2.75) is 54.9 Å². The summed E-state index contributed by atoms with van der Waals surface area (Å²) >= 11 is 1.70. The first-order valence-corrected chi connectivity index (χ1v) is 16.9. The third kappa shape index (κ3) is 9.44. The van der Waals surface area contributed by atoms with Crippen LogP contribution in [0.4, 0.5) is 18.9 Å². The number of alkyl halides is 3. The number of para-hydroxylation sites is 1. The average Bonchev–Trinajstić information content (AvgIpc) is 3.07. The molecule has 11 heteroatoms. The highest BCUT2D eigenvalue weighted by Gasteiger charge is 2.35. The molecule has 2 N–H and O–H groups in total. The number of aliphatic hydroxyl groups is 1. The molecule has 2 amide bonds. The largest absolute Gasteiger partial charge is 0.486 e. The lowest BCUT2D eigenvalue weighted by molar-refractivity contribution is -0.137. The Bertz CT molecular complexity index is 1720. The number of benzene rings is 4. The Morgan fingerprint density at radius 2 is 1.63 bits per heavy atom. The van der Waals surface area contributed by atoms with Gasteiger partial charge < -0.3 is 20.1 Å². The normalized spacial score (nSPS) is 17.1. The Morgan fingerprint density at radius 3 is 2.29 bits per heavy atom. The molecule has 7 nitrogen and oxygen atoms in total. The molecule has 0 fully saturated rings. The van der Waals surface area contributed by atoms with E-state index in [1.807, 2.05) is 32.2 Å². The van der Waals surface area contributed by atoms with Gasteiger partial charge in [-0.1, -0.05) is 67.2 Å². The molecular formula is C38H40F3N3O4S. The van der Waals surface area contributed by atoms with Crippen LogP contribution in [0, 0.1) is 5.92 Å². The second-order valence-corrected chi connectivity index (χ2v) is 13.6. The molecule has 0 saturated carbocycles. The summed E-state index contributed by atoms with van der Waals surface area (Å²) in [4.78, 5) is 33.0. The molecule has 3 atom stereocenters. The number of fused-ring (bicyclic) bond motifs is 1. The van der Waals surface area contributed by atoms with E-state index < -0.39 is 29.8 Å². The van der Waals surface area contributed by atoms with Gasteiger partial charge in [0.15, 0.2) is 5.75 Å². The monoisotopic (exact) mass is 691 g/mol. The van der Waals surface area contributed by atoms with E-state index in [1.165, 1.54) is 17.0 Å². The smallest absolute Gasteiger partial charge is 0.416 e. The lowest BCUT2D eigenvalue weighted by Gasteiger charge is -2.38. The molecule has 0 unspecified atom stereocenters. The summed E-state index contributed by atoms with van der Waals surface area (Å²) in [6.45, 7) is 5.07. The highest BCUT2D eigenvalue weighted by atomic mass is 32.2. The second-order valence-electron chi connectivity index (χ2n) is 12.5. The van der Waals surface area contributed by atoms with Crippen LogP contribution < -0.4 is 10.1 Å². The van der Waals surface area contributed by atoms with Crippen LogP contribution in [0.3, 0.4) is 0 Å². The summed E-state index contributed by atoms with van der Waals surface area (Å²) in [5.74, 6) is -0.727. The van der Waals surface area contributed by atoms with Crippen LogP contribution in [-0.4, -0.2) is 65.6 Å². The third-order valence-electron chi connectivity index (χ3n) is 8.46. The van der Waals surface area contributed by atoms with Crippen molar-refractivity contribution in [3.05, 3.63) is 119 Å². The predicted octanol–water partition coefficient (Wildman–Crippen LogP) is 7.39. The molecule has 258 valence electrons. The van der Waals surface area contributed by atoms with E-state index in [0.717, 1.165) is 22.6 Å². The Labute approximate surface area is 289 Å². The summed E-state index contributed by atoms with van der Waals surface area (Å²) in [5, 5.41) is 12.8. The van der Waals surface area contributed by atoms with Crippen molar-refractivity contribution in [1.82, 2.24) is 9.80 Å². The van der Waals surface area contributed by atoms with Gasteiger partial charge in [-0.05, 0) is 73.6 Å². The fourth-order valence-electron chi connectivity index (χ4n) is 5.72. The number of halogens is 3.